The SMILES string of the molecule is CC(=O)NC1(c2nc(C)cs2)CCN(Cc2cccc3[nH]ccc23)C1. The highest BCUT2D eigenvalue weighted by molar-refractivity contribution is 7.09. The predicted octanol–water partition coefficient (Wildman–Crippen LogP) is 3.17. The van der Waals surface area contributed by atoms with Crippen LogP contribution in [-0.2, 0) is 16.9 Å². The fourth-order valence-corrected chi connectivity index (χ4v) is 4.77. The van der Waals surface area contributed by atoms with Gasteiger partial charge in [-0.2, -0.15) is 0 Å². The number of rotatable bonds is 4. The number of likely N-dealkylation sites (tertiary alicyclic amines) is 1. The zero-order valence-electron chi connectivity index (χ0n) is 14.5. The summed E-state index contributed by atoms with van der Waals surface area (Å²) in [7, 11) is 0. The number of benzene rings is 1. The molecule has 0 bridgehead atoms. The predicted molar refractivity (Wildman–Crippen MR) is 101 cm³/mol. The van der Waals surface area contributed by atoms with Crippen molar-refractivity contribution in [1.82, 2.24) is 20.2 Å². The smallest absolute Gasteiger partial charge is 0.217 e. The Balaban J connectivity index is 1.59. The molecule has 4 rings (SSSR count). The van der Waals surface area contributed by atoms with Gasteiger partial charge in [-0.1, -0.05) is 12.1 Å². The molecule has 1 saturated heterocycles. The number of thiazole rings is 1. The second-order valence-electron chi connectivity index (χ2n) is 6.87. The van der Waals surface area contributed by atoms with E-state index in [1.807, 2.05) is 13.1 Å². The van der Waals surface area contributed by atoms with Crippen LogP contribution < -0.4 is 5.32 Å². The summed E-state index contributed by atoms with van der Waals surface area (Å²) >= 11 is 1.64. The lowest BCUT2D eigenvalue weighted by Crippen LogP contribution is -2.47. The second kappa shape index (κ2) is 6.28. The topological polar surface area (TPSA) is 61.0 Å². The van der Waals surface area contributed by atoms with E-state index in [0.29, 0.717) is 0 Å². The van der Waals surface area contributed by atoms with Crippen molar-refractivity contribution in [2.75, 3.05) is 13.1 Å². The molecule has 1 amide bonds. The Morgan fingerprint density at radius 1 is 1.44 bits per heavy atom. The molecule has 1 aliphatic heterocycles. The molecule has 0 aliphatic carbocycles. The quantitative estimate of drug-likeness (QED) is 0.756. The Hall–Kier alpha value is -2.18. The summed E-state index contributed by atoms with van der Waals surface area (Å²) in [5.74, 6) is 0.00226. The molecule has 1 aromatic carbocycles. The van der Waals surface area contributed by atoms with E-state index in [9.17, 15) is 4.79 Å². The van der Waals surface area contributed by atoms with Crippen molar-refractivity contribution in [3.63, 3.8) is 0 Å². The molecule has 2 N–H and O–H groups in total. The summed E-state index contributed by atoms with van der Waals surface area (Å²) in [6.45, 7) is 6.20. The number of H-pyrrole nitrogens is 1. The molecule has 0 radical (unpaired) electrons. The summed E-state index contributed by atoms with van der Waals surface area (Å²) in [5.41, 5.74) is 3.13. The van der Waals surface area contributed by atoms with Gasteiger partial charge in [0.25, 0.3) is 0 Å². The van der Waals surface area contributed by atoms with E-state index in [-0.39, 0.29) is 11.4 Å². The van der Waals surface area contributed by atoms with E-state index in [2.05, 4.69) is 49.8 Å². The highest BCUT2D eigenvalue weighted by Gasteiger charge is 2.42. The van der Waals surface area contributed by atoms with Crippen molar-refractivity contribution in [3.8, 4) is 0 Å². The maximum Gasteiger partial charge on any atom is 0.217 e. The first-order chi connectivity index (χ1) is 12.1. The third kappa shape index (κ3) is 3.07. The van der Waals surface area contributed by atoms with Gasteiger partial charge < -0.3 is 10.3 Å². The van der Waals surface area contributed by atoms with Gasteiger partial charge in [-0.3, -0.25) is 9.69 Å². The van der Waals surface area contributed by atoms with Crippen LogP contribution in [0.2, 0.25) is 0 Å². The van der Waals surface area contributed by atoms with E-state index in [1.165, 1.54) is 16.5 Å². The van der Waals surface area contributed by atoms with E-state index in [4.69, 9.17) is 0 Å². The maximum atomic E-state index is 11.8. The highest BCUT2D eigenvalue weighted by Crippen LogP contribution is 2.35. The average molecular weight is 354 g/mol. The molecule has 2 aromatic heterocycles. The molecule has 1 unspecified atom stereocenters. The number of aromatic amines is 1. The average Bonchev–Trinajstić information content (AvgIpc) is 3.27. The van der Waals surface area contributed by atoms with Crippen molar-refractivity contribution in [3.05, 3.63) is 52.1 Å². The Bertz CT molecular complexity index is 915. The number of hydrogen-bond acceptors (Lipinski definition) is 4. The summed E-state index contributed by atoms with van der Waals surface area (Å²) < 4.78 is 0. The fraction of sp³-hybridized carbons (Fsp3) is 0.368. The van der Waals surface area contributed by atoms with Crippen molar-refractivity contribution in [2.45, 2.75) is 32.4 Å². The van der Waals surface area contributed by atoms with Crippen molar-refractivity contribution >= 4 is 28.1 Å². The first kappa shape index (κ1) is 16.3. The molecular formula is C19H22N4OS. The van der Waals surface area contributed by atoms with Gasteiger partial charge in [-0.25, -0.2) is 4.98 Å². The van der Waals surface area contributed by atoms with Gasteiger partial charge in [0.05, 0.1) is 0 Å². The highest BCUT2D eigenvalue weighted by atomic mass is 32.1. The molecule has 6 heteroatoms. The van der Waals surface area contributed by atoms with E-state index < -0.39 is 0 Å². The molecule has 130 valence electrons. The number of fused-ring (bicyclic) bond motifs is 1. The Morgan fingerprint density at radius 2 is 2.32 bits per heavy atom. The van der Waals surface area contributed by atoms with Crippen LogP contribution in [0, 0.1) is 6.92 Å². The summed E-state index contributed by atoms with van der Waals surface area (Å²) in [6, 6.07) is 8.51. The molecule has 1 aliphatic rings. The molecule has 3 heterocycles. The first-order valence-corrected chi connectivity index (χ1v) is 9.42. The Morgan fingerprint density at radius 3 is 3.08 bits per heavy atom. The van der Waals surface area contributed by atoms with Crippen LogP contribution in [0.4, 0.5) is 0 Å². The Kier molecular flexibility index (Phi) is 4.09. The van der Waals surface area contributed by atoms with Gasteiger partial charge in [0.15, 0.2) is 0 Å². The summed E-state index contributed by atoms with van der Waals surface area (Å²) in [6.07, 6.45) is 2.88. The van der Waals surface area contributed by atoms with Crippen molar-refractivity contribution in [1.29, 1.82) is 0 Å². The molecule has 1 atom stereocenters. The lowest BCUT2D eigenvalue weighted by molar-refractivity contribution is -0.120. The largest absolute Gasteiger partial charge is 0.361 e. The number of nitrogens with zero attached hydrogens (tertiary/aromatic N) is 2. The van der Waals surface area contributed by atoms with Gasteiger partial charge in [0, 0.05) is 54.7 Å². The number of aromatic nitrogens is 2. The van der Waals surface area contributed by atoms with Crippen molar-refractivity contribution in [2.24, 2.45) is 0 Å². The third-order valence-electron chi connectivity index (χ3n) is 4.87. The van der Waals surface area contributed by atoms with Gasteiger partial charge in [-0.05, 0) is 31.0 Å². The molecule has 5 nitrogen and oxygen atoms in total. The monoisotopic (exact) mass is 354 g/mol. The fourth-order valence-electron chi connectivity index (χ4n) is 3.79. The third-order valence-corrected chi connectivity index (χ3v) is 6.04. The van der Waals surface area contributed by atoms with Crippen LogP contribution in [0.5, 0.6) is 0 Å². The molecule has 3 aromatic rings. The molecule has 25 heavy (non-hydrogen) atoms. The first-order valence-electron chi connectivity index (χ1n) is 8.54. The van der Waals surface area contributed by atoms with Gasteiger partial charge in [0.1, 0.15) is 10.5 Å². The van der Waals surface area contributed by atoms with E-state index in [0.717, 1.165) is 36.8 Å². The van der Waals surface area contributed by atoms with Crippen LogP contribution in [0.25, 0.3) is 10.9 Å². The van der Waals surface area contributed by atoms with Crippen LogP contribution in [0.15, 0.2) is 35.8 Å². The van der Waals surface area contributed by atoms with Crippen LogP contribution >= 0.6 is 11.3 Å². The standard InChI is InChI=1S/C19H22N4OS/c1-13-11-25-18(21-13)19(22-14(2)24)7-9-23(12-19)10-15-4-3-5-17-16(15)6-8-20-17/h3-6,8,11,20H,7,9-10,12H2,1-2H3,(H,22,24). The Labute approximate surface area is 151 Å². The number of aryl methyl sites for hydroxylation is 1. The lowest BCUT2D eigenvalue weighted by atomic mass is 9.99. The summed E-state index contributed by atoms with van der Waals surface area (Å²) in [5, 5.41) is 7.54. The van der Waals surface area contributed by atoms with Gasteiger partial charge in [-0.15, -0.1) is 11.3 Å². The maximum absolute atomic E-state index is 11.8. The van der Waals surface area contributed by atoms with Gasteiger partial charge in [0.2, 0.25) is 5.91 Å². The number of amides is 1. The number of carbonyl (C=O) groups is 1. The van der Waals surface area contributed by atoms with Crippen molar-refractivity contribution < 1.29 is 4.79 Å². The normalized spacial score (nSPS) is 21.0. The minimum Gasteiger partial charge on any atom is -0.361 e. The van der Waals surface area contributed by atoms with Crippen LogP contribution in [-0.4, -0.2) is 33.9 Å². The number of nitrogens with one attached hydrogen (secondary N) is 2. The number of hydrogen-bond donors (Lipinski definition) is 2. The molecule has 1 fully saturated rings. The van der Waals surface area contributed by atoms with Crippen LogP contribution in [0.1, 0.15) is 29.6 Å². The molecule has 0 spiro atoms. The zero-order valence-corrected chi connectivity index (χ0v) is 15.3. The summed E-state index contributed by atoms with van der Waals surface area (Å²) in [4.78, 5) is 22.2. The molecular weight excluding hydrogens is 332 g/mol. The zero-order chi connectivity index (χ0) is 17.4. The minimum absolute atomic E-state index is 0.00226. The van der Waals surface area contributed by atoms with Gasteiger partial charge >= 0.3 is 0 Å². The number of carbonyl (C=O) groups excluding carboxylic acids is 1. The van der Waals surface area contributed by atoms with E-state index >= 15 is 0 Å². The second-order valence-corrected chi connectivity index (χ2v) is 7.73. The molecule has 0 saturated carbocycles. The minimum atomic E-state index is -0.364. The van der Waals surface area contributed by atoms with E-state index in [1.54, 1.807) is 18.3 Å². The van der Waals surface area contributed by atoms with Crippen LogP contribution in [0.3, 0.4) is 0 Å². The lowest BCUT2D eigenvalue weighted by Gasteiger charge is -2.28.